The van der Waals surface area contributed by atoms with Crippen LogP contribution in [0.15, 0.2) is 39.8 Å². The van der Waals surface area contributed by atoms with Gasteiger partial charge in [0.15, 0.2) is 10.8 Å². The van der Waals surface area contributed by atoms with E-state index in [-0.39, 0.29) is 16.9 Å². The first-order valence-electron chi connectivity index (χ1n) is 12.4. The number of aliphatic carboxylic acids is 1. The van der Waals surface area contributed by atoms with E-state index in [1.54, 1.807) is 24.3 Å². The number of carbonyl (C=O) groups is 3. The number of benzene rings is 1. The lowest BCUT2D eigenvalue weighted by atomic mass is 9.84. The molecule has 8 N–H and O–H groups in total. The van der Waals surface area contributed by atoms with Crippen molar-refractivity contribution in [3.63, 3.8) is 0 Å². The van der Waals surface area contributed by atoms with Crippen LogP contribution in [-0.4, -0.2) is 101 Å². The van der Waals surface area contributed by atoms with Gasteiger partial charge in [0.25, 0.3) is 17.9 Å². The molecule has 18 nitrogen and oxygen atoms in total. The number of anilines is 1. The Hall–Kier alpha value is -4.37. The van der Waals surface area contributed by atoms with Gasteiger partial charge in [-0.2, -0.15) is 13.5 Å². The summed E-state index contributed by atoms with van der Waals surface area (Å²) in [5.41, 5.74) is 10.3. The predicted octanol–water partition coefficient (Wildman–Crippen LogP) is -1.50. The van der Waals surface area contributed by atoms with E-state index in [1.165, 1.54) is 19.2 Å². The lowest BCUT2D eigenvalue weighted by molar-refractivity contribution is -0.218. The van der Waals surface area contributed by atoms with Gasteiger partial charge in [-0.25, -0.2) is 9.78 Å². The number of carboxylic acids is 1. The van der Waals surface area contributed by atoms with Crippen LogP contribution in [0, 0.1) is 0 Å². The number of hydrogen-bond donors (Lipinski definition) is 6. The Labute approximate surface area is 248 Å². The molecule has 20 heteroatoms. The van der Waals surface area contributed by atoms with Crippen LogP contribution >= 0.6 is 11.3 Å². The monoisotopic (exact) mass is 640 g/mol. The Bertz CT molecular complexity index is 1550. The van der Waals surface area contributed by atoms with Gasteiger partial charge >= 0.3 is 16.4 Å². The summed E-state index contributed by atoms with van der Waals surface area (Å²) in [4.78, 5) is 50.9. The number of ether oxygens (including phenoxy) is 1. The number of nitrogen functional groups attached to an aromatic ring is 1. The number of rotatable bonds is 13. The summed E-state index contributed by atoms with van der Waals surface area (Å²) in [6, 6.07) is 5.26. The van der Waals surface area contributed by atoms with E-state index in [1.807, 2.05) is 0 Å². The zero-order chi connectivity index (χ0) is 31.5. The largest absolute Gasteiger partial charge is 0.489 e. The smallest absolute Gasteiger partial charge is 0.418 e. The van der Waals surface area contributed by atoms with E-state index in [2.05, 4.69) is 30.0 Å². The molecular formula is C23H28N8O10S2. The van der Waals surface area contributed by atoms with Gasteiger partial charge in [-0.05, 0) is 38.1 Å². The van der Waals surface area contributed by atoms with Crippen molar-refractivity contribution in [1.29, 1.82) is 0 Å². The Balaban J connectivity index is 1.44. The molecular weight excluding hydrogens is 612 g/mol. The summed E-state index contributed by atoms with van der Waals surface area (Å²) < 4.78 is 40.8. The molecule has 2 atom stereocenters. The number of oxime groups is 1. The molecule has 2 unspecified atom stereocenters. The number of β-lactam (4-membered cyclic amide) rings is 1. The van der Waals surface area contributed by atoms with E-state index in [4.69, 9.17) is 25.6 Å². The number of carbonyl (C=O) groups excluding carboxylic acids is 2. The summed E-state index contributed by atoms with van der Waals surface area (Å²) >= 11 is 0.954. The SMILES string of the molecule is CC1(C)C(NC(=O)C(=NOC(COc2ccc(C(N)=NC3CNC3)cc2)C(=O)O)c2csc(N)n2)C(=O)N1OS(=O)(=O)O. The second-order valence-corrected chi connectivity index (χ2v) is 11.7. The van der Waals surface area contributed by atoms with Gasteiger partial charge in [-0.3, -0.25) is 19.1 Å². The molecule has 2 aliphatic rings. The molecule has 2 fully saturated rings. The lowest BCUT2D eigenvalue weighted by Crippen LogP contribution is -2.76. The van der Waals surface area contributed by atoms with Crippen molar-refractivity contribution >= 4 is 56.2 Å². The van der Waals surface area contributed by atoms with Gasteiger partial charge in [0.2, 0.25) is 0 Å². The van der Waals surface area contributed by atoms with Crippen molar-refractivity contribution in [3.05, 3.63) is 40.9 Å². The van der Waals surface area contributed by atoms with Crippen molar-refractivity contribution in [2.45, 2.75) is 37.6 Å². The number of hydrogen-bond acceptors (Lipinski definition) is 14. The van der Waals surface area contributed by atoms with Crippen molar-refractivity contribution in [1.82, 2.24) is 20.7 Å². The first-order valence-corrected chi connectivity index (χ1v) is 14.7. The highest BCUT2D eigenvalue weighted by Crippen LogP contribution is 2.33. The van der Waals surface area contributed by atoms with E-state index in [9.17, 15) is 27.9 Å². The third-order valence-electron chi connectivity index (χ3n) is 6.28. The minimum atomic E-state index is -5.01. The highest BCUT2D eigenvalue weighted by molar-refractivity contribution is 7.80. The number of aliphatic imine (C=N–C) groups is 1. The summed E-state index contributed by atoms with van der Waals surface area (Å²) in [6.45, 7) is 3.70. The molecule has 232 valence electrons. The normalized spacial score (nSPS) is 19.7. The molecule has 1 aromatic heterocycles. The maximum Gasteiger partial charge on any atom is 0.418 e. The average molecular weight is 641 g/mol. The lowest BCUT2D eigenvalue weighted by Gasteiger charge is -2.50. The number of aromatic nitrogens is 1. The second kappa shape index (κ2) is 12.5. The number of nitrogens with zero attached hydrogens (tertiary/aromatic N) is 4. The molecule has 0 saturated carbocycles. The Morgan fingerprint density at radius 1 is 1.30 bits per heavy atom. The van der Waals surface area contributed by atoms with Crippen LogP contribution in [0.2, 0.25) is 0 Å². The Morgan fingerprint density at radius 3 is 2.49 bits per heavy atom. The van der Waals surface area contributed by atoms with Gasteiger partial charge in [0, 0.05) is 24.0 Å². The second-order valence-electron chi connectivity index (χ2n) is 9.80. The third-order valence-corrected chi connectivity index (χ3v) is 7.29. The van der Waals surface area contributed by atoms with Gasteiger partial charge < -0.3 is 36.8 Å². The molecule has 2 aliphatic heterocycles. The van der Waals surface area contributed by atoms with Gasteiger partial charge in [-0.1, -0.05) is 5.16 Å². The zero-order valence-corrected chi connectivity index (χ0v) is 24.3. The molecule has 43 heavy (non-hydrogen) atoms. The zero-order valence-electron chi connectivity index (χ0n) is 22.7. The summed E-state index contributed by atoms with van der Waals surface area (Å²) in [5.74, 6) is -2.82. The molecule has 2 amide bonds. The van der Waals surface area contributed by atoms with Crippen molar-refractivity contribution < 1.29 is 46.3 Å². The van der Waals surface area contributed by atoms with E-state index < -0.39 is 58.2 Å². The third kappa shape index (κ3) is 7.53. The number of amidine groups is 1. The Kier molecular flexibility index (Phi) is 9.15. The van der Waals surface area contributed by atoms with Gasteiger partial charge in [0.1, 0.15) is 29.9 Å². The summed E-state index contributed by atoms with van der Waals surface area (Å²) in [7, 11) is -5.01. The topological polar surface area (TPSA) is 270 Å². The maximum absolute atomic E-state index is 13.1. The first-order chi connectivity index (χ1) is 20.2. The molecule has 1 aromatic carbocycles. The van der Waals surface area contributed by atoms with Gasteiger partial charge in [0.05, 0.1) is 11.6 Å². The highest BCUT2D eigenvalue weighted by atomic mass is 32.3. The molecule has 2 aromatic rings. The first kappa shape index (κ1) is 31.6. The number of nitrogens with two attached hydrogens (primary N) is 2. The van der Waals surface area contributed by atoms with Crippen LogP contribution in [0.4, 0.5) is 5.13 Å². The number of amides is 2. The molecule has 0 spiro atoms. The molecule has 0 radical (unpaired) electrons. The average Bonchev–Trinajstić information content (AvgIpc) is 3.34. The fourth-order valence-electron chi connectivity index (χ4n) is 3.81. The van der Waals surface area contributed by atoms with E-state index in [0.717, 1.165) is 24.4 Å². The maximum atomic E-state index is 13.1. The molecule has 2 saturated heterocycles. The molecule has 0 bridgehead atoms. The van der Waals surface area contributed by atoms with Crippen molar-refractivity contribution in [2.75, 3.05) is 25.4 Å². The molecule has 4 rings (SSSR count). The summed E-state index contributed by atoms with van der Waals surface area (Å²) in [6.07, 6.45) is -1.68. The van der Waals surface area contributed by atoms with Crippen LogP contribution in [-0.2, 0) is 33.9 Å². The number of carboxylic acid groups (broad SMARTS) is 1. The number of thiazole rings is 1. The minimum Gasteiger partial charge on any atom is -0.489 e. The number of hydroxylamine groups is 2. The predicted molar refractivity (Wildman–Crippen MR) is 150 cm³/mol. The fourth-order valence-corrected chi connectivity index (χ4v) is 4.81. The molecule has 3 heterocycles. The van der Waals surface area contributed by atoms with Crippen LogP contribution in [0.1, 0.15) is 25.1 Å². The van der Waals surface area contributed by atoms with Crippen molar-refractivity contribution in [3.8, 4) is 5.75 Å². The molecule has 0 aliphatic carbocycles. The number of nitrogens with one attached hydrogen (secondary N) is 2. The van der Waals surface area contributed by atoms with Crippen LogP contribution in [0.5, 0.6) is 5.75 Å². The minimum absolute atomic E-state index is 0.0554. The van der Waals surface area contributed by atoms with Crippen LogP contribution < -0.4 is 26.8 Å². The highest BCUT2D eigenvalue weighted by Gasteiger charge is 2.58. The van der Waals surface area contributed by atoms with Gasteiger partial charge in [-0.15, -0.1) is 15.6 Å². The standard InChI is InChI=1S/C23H28N8O10S2/c1-23(2)17(20(33)31(23)41-43(36,37)38)29-19(32)16(14-10-42-22(25)28-14)30-40-15(21(34)35)9-39-13-5-3-11(4-6-13)18(24)27-12-7-26-8-12/h3-6,10,12,15,17,26H,7-9H2,1-2H3,(H2,24,27)(H2,25,28)(H,29,32)(H,34,35)(H,36,37,38). The fraction of sp³-hybridized carbons (Fsp3) is 0.391. The summed E-state index contributed by atoms with van der Waals surface area (Å²) in [5, 5.41) is 20.6. The van der Waals surface area contributed by atoms with Crippen LogP contribution in [0.3, 0.4) is 0 Å². The quantitative estimate of drug-likeness (QED) is 0.0478. The Morgan fingerprint density at radius 2 is 1.98 bits per heavy atom. The van der Waals surface area contributed by atoms with Crippen molar-refractivity contribution in [2.24, 2.45) is 15.9 Å². The van der Waals surface area contributed by atoms with E-state index >= 15 is 0 Å². The van der Waals surface area contributed by atoms with E-state index in [0.29, 0.717) is 22.2 Å². The van der Waals surface area contributed by atoms with Crippen LogP contribution in [0.25, 0.3) is 0 Å².